The van der Waals surface area contributed by atoms with Gasteiger partial charge < -0.3 is 20.1 Å². The predicted molar refractivity (Wildman–Crippen MR) is 265 cm³/mol. The van der Waals surface area contributed by atoms with E-state index in [9.17, 15) is 24.2 Å². The van der Waals surface area contributed by atoms with Crippen LogP contribution in [0.4, 0.5) is 0 Å². The molecule has 9 nitrogen and oxygen atoms in total. The lowest BCUT2D eigenvalue weighted by atomic mass is 10.1. The first-order valence-corrected chi connectivity index (χ1v) is 25.2. The summed E-state index contributed by atoms with van der Waals surface area (Å²) in [4.78, 5) is 33.9. The van der Waals surface area contributed by atoms with Crippen molar-refractivity contribution in [1.29, 1.82) is 0 Å². The molecule has 0 aromatic heterocycles. The van der Waals surface area contributed by atoms with Gasteiger partial charge in [0.15, 0.2) is 0 Å². The molecule has 0 radical (unpaired) electrons. The molecule has 0 aromatic carbocycles. The third kappa shape index (κ3) is 49.0. The summed E-state index contributed by atoms with van der Waals surface area (Å²) in [5, 5.41) is 12.7. The van der Waals surface area contributed by atoms with E-state index in [-0.39, 0.29) is 32.1 Å². The Balaban J connectivity index is 3.78. The van der Waals surface area contributed by atoms with Crippen molar-refractivity contribution in [3.05, 3.63) is 134 Å². The maximum absolute atomic E-state index is 12.1. The summed E-state index contributed by atoms with van der Waals surface area (Å²) in [6.07, 6.45) is 66.9. The van der Waals surface area contributed by atoms with Crippen LogP contribution in [-0.4, -0.2) is 54.3 Å². The fourth-order valence-electron chi connectivity index (χ4n) is 5.56. The summed E-state index contributed by atoms with van der Waals surface area (Å²) in [5.74, 6) is -0.681. The topological polar surface area (TPSA) is 131 Å². The molecule has 0 aliphatic rings. The molecule has 0 aromatic rings. The van der Waals surface area contributed by atoms with Gasteiger partial charge in [0.2, 0.25) is 5.91 Å². The van der Waals surface area contributed by atoms with Crippen molar-refractivity contribution in [2.24, 2.45) is 0 Å². The van der Waals surface area contributed by atoms with E-state index in [1.165, 1.54) is 25.7 Å². The largest absolute Gasteiger partial charge is 0.472 e. The lowest BCUT2D eigenvalue weighted by Gasteiger charge is -2.15. The van der Waals surface area contributed by atoms with Crippen LogP contribution in [0, 0.1) is 0 Å². The molecule has 0 heterocycles. The van der Waals surface area contributed by atoms with Gasteiger partial charge in [-0.2, -0.15) is 0 Å². The summed E-state index contributed by atoms with van der Waals surface area (Å²) < 4.78 is 26.8. The van der Waals surface area contributed by atoms with Crippen molar-refractivity contribution < 1.29 is 37.9 Å². The predicted octanol–water partition coefficient (Wildman–Crippen LogP) is 13.9. The van der Waals surface area contributed by atoms with E-state index in [2.05, 4.69) is 135 Å². The molecule has 0 aliphatic carbocycles. The lowest BCUT2D eigenvalue weighted by Crippen LogP contribution is -2.27. The maximum atomic E-state index is 12.1. The van der Waals surface area contributed by atoms with Crippen molar-refractivity contribution >= 4 is 19.7 Å². The number of allylic oxidation sites excluding steroid dienone is 21. The zero-order valence-electron chi connectivity index (χ0n) is 39.0. The van der Waals surface area contributed by atoms with Gasteiger partial charge in [0.05, 0.1) is 19.6 Å². The van der Waals surface area contributed by atoms with Crippen LogP contribution in [0.15, 0.2) is 134 Å². The van der Waals surface area contributed by atoms with E-state index in [1.807, 2.05) is 12.2 Å². The smallest absolute Gasteiger partial charge is 0.463 e. The van der Waals surface area contributed by atoms with E-state index in [0.717, 1.165) is 96.3 Å². The Morgan fingerprint density at radius 3 is 1.41 bits per heavy atom. The summed E-state index contributed by atoms with van der Waals surface area (Å²) in [7, 11) is -4.46. The molecule has 354 valence electrons. The number of esters is 1. The Kier molecular flexibility index (Phi) is 44.7. The van der Waals surface area contributed by atoms with Crippen molar-refractivity contribution in [2.75, 3.05) is 26.4 Å². The molecule has 0 bridgehead atoms. The van der Waals surface area contributed by atoms with Crippen molar-refractivity contribution in [3.8, 4) is 0 Å². The van der Waals surface area contributed by atoms with Gasteiger partial charge in [0.1, 0.15) is 12.7 Å². The summed E-state index contributed by atoms with van der Waals surface area (Å²) in [6, 6.07) is 0. The minimum Gasteiger partial charge on any atom is -0.463 e. The van der Waals surface area contributed by atoms with Gasteiger partial charge in [-0.1, -0.05) is 180 Å². The first-order valence-electron chi connectivity index (χ1n) is 23.7. The van der Waals surface area contributed by atoms with Gasteiger partial charge in [-0.15, -0.1) is 0 Å². The van der Waals surface area contributed by atoms with Gasteiger partial charge in [-0.3, -0.25) is 18.6 Å². The highest BCUT2D eigenvalue weighted by molar-refractivity contribution is 7.47. The molecule has 1 amide bonds. The molecule has 0 rings (SSSR count). The second-order valence-electron chi connectivity index (χ2n) is 15.0. The van der Waals surface area contributed by atoms with Crippen LogP contribution in [0.1, 0.15) is 155 Å². The average molecular weight is 894 g/mol. The summed E-state index contributed by atoms with van der Waals surface area (Å²) in [6.45, 7) is 3.25. The Hall–Kier alpha value is -3.85. The zero-order valence-corrected chi connectivity index (χ0v) is 39.8. The number of hydrogen-bond donors (Lipinski definition) is 3. The molecule has 10 heteroatoms. The number of unbranched alkanes of at least 4 members (excludes halogenated alkanes) is 8. The third-order valence-corrected chi connectivity index (χ3v) is 10.1. The number of aliphatic hydroxyl groups is 1. The zero-order chi connectivity index (χ0) is 46.0. The molecule has 2 unspecified atom stereocenters. The Labute approximate surface area is 382 Å². The van der Waals surface area contributed by atoms with Crippen LogP contribution in [0.2, 0.25) is 0 Å². The van der Waals surface area contributed by atoms with E-state index >= 15 is 0 Å². The standard InChI is InChI=1S/C53H84NO8P/c1-3-5-7-9-11-13-15-17-19-21-23-25-27-29-31-33-35-37-39-41-43-45-52(56)54-47-48-61-63(58,59)62-50-51(55)49-60-53(57)46-44-42-40-38-36-34-32-30-28-26-24-22-20-18-16-14-12-10-8-6-4-2/h6,8,11-14,17-20,23-26,29-32,36,38,42,44,51,55H,3-5,7,9-10,15-16,21-22,27-28,33-35,37,39-41,43,45-50H2,1-2H3,(H,54,56)(H,58,59)/b8-6-,13-11-,14-12-,19-17-,20-18-,25-23-,26-24-,31-29-,32-30-,38-36-,44-42-. The highest BCUT2D eigenvalue weighted by Gasteiger charge is 2.23. The van der Waals surface area contributed by atoms with Crippen molar-refractivity contribution in [3.63, 3.8) is 0 Å². The van der Waals surface area contributed by atoms with E-state index in [1.54, 1.807) is 6.08 Å². The first kappa shape index (κ1) is 59.1. The fraction of sp³-hybridized carbons (Fsp3) is 0.547. The molecule has 3 N–H and O–H groups in total. The molecule has 2 atom stereocenters. The van der Waals surface area contributed by atoms with Crippen LogP contribution < -0.4 is 5.32 Å². The number of hydrogen-bond acceptors (Lipinski definition) is 7. The number of carbonyl (C=O) groups excluding carboxylic acids is 2. The minimum atomic E-state index is -4.46. The van der Waals surface area contributed by atoms with Crippen LogP contribution in [-0.2, 0) is 27.9 Å². The van der Waals surface area contributed by atoms with Crippen LogP contribution in [0.25, 0.3) is 0 Å². The van der Waals surface area contributed by atoms with Gasteiger partial charge in [0, 0.05) is 13.0 Å². The molecule has 63 heavy (non-hydrogen) atoms. The van der Waals surface area contributed by atoms with E-state index in [0.29, 0.717) is 12.8 Å². The Morgan fingerprint density at radius 2 is 0.937 bits per heavy atom. The summed E-state index contributed by atoms with van der Waals surface area (Å²) in [5.41, 5.74) is 0. The number of phosphoric acid groups is 1. The minimum absolute atomic E-state index is 0.0385. The Bertz CT molecular complexity index is 1480. The second-order valence-corrected chi connectivity index (χ2v) is 16.5. The van der Waals surface area contributed by atoms with E-state index < -0.39 is 26.5 Å². The second kappa shape index (κ2) is 47.6. The number of rotatable bonds is 42. The maximum Gasteiger partial charge on any atom is 0.472 e. The first-order chi connectivity index (χ1) is 30.8. The van der Waals surface area contributed by atoms with Crippen LogP contribution >= 0.6 is 7.82 Å². The fourth-order valence-corrected chi connectivity index (χ4v) is 6.32. The molecule has 0 spiro atoms. The third-order valence-electron chi connectivity index (χ3n) is 9.10. The quantitative estimate of drug-likeness (QED) is 0.0239. The number of carbonyl (C=O) groups is 2. The van der Waals surface area contributed by atoms with Gasteiger partial charge in [-0.25, -0.2) is 4.57 Å². The normalized spacial score (nSPS) is 14.4. The van der Waals surface area contributed by atoms with Gasteiger partial charge in [0.25, 0.3) is 0 Å². The number of phosphoric ester groups is 1. The average Bonchev–Trinajstić information content (AvgIpc) is 3.27. The molecule has 0 saturated carbocycles. The molecule has 0 saturated heterocycles. The molecular weight excluding hydrogens is 810 g/mol. The van der Waals surface area contributed by atoms with E-state index in [4.69, 9.17) is 13.8 Å². The lowest BCUT2D eigenvalue weighted by molar-refractivity contribution is -0.146. The van der Waals surface area contributed by atoms with Crippen molar-refractivity contribution in [2.45, 2.75) is 161 Å². The highest BCUT2D eigenvalue weighted by Crippen LogP contribution is 2.42. The number of ether oxygens (including phenoxy) is 1. The number of nitrogens with one attached hydrogen (secondary N) is 1. The highest BCUT2D eigenvalue weighted by atomic mass is 31.2. The van der Waals surface area contributed by atoms with Crippen molar-refractivity contribution in [1.82, 2.24) is 5.32 Å². The number of aliphatic hydroxyl groups excluding tert-OH is 1. The monoisotopic (exact) mass is 894 g/mol. The van der Waals surface area contributed by atoms with Gasteiger partial charge >= 0.3 is 13.8 Å². The molecular formula is C53H84NO8P. The Morgan fingerprint density at radius 1 is 0.524 bits per heavy atom. The summed E-state index contributed by atoms with van der Waals surface area (Å²) >= 11 is 0. The molecule has 0 aliphatic heterocycles. The number of amides is 1. The van der Waals surface area contributed by atoms with Crippen LogP contribution in [0.5, 0.6) is 0 Å². The SMILES string of the molecule is CC/C=C\C/C=C\C/C=C\C/C=C\C/C=C\C/C=C\C/C=C\CC(=O)OCC(O)COP(=O)(O)OCCNC(=O)CCCCCCC/C=C\C/C=C\C/C=C\C/C=C\CCCCC. The van der Waals surface area contributed by atoms with Crippen LogP contribution in [0.3, 0.4) is 0 Å². The molecule has 0 fully saturated rings. The van der Waals surface area contributed by atoms with Gasteiger partial charge in [-0.05, 0) is 96.3 Å².